The lowest BCUT2D eigenvalue weighted by Gasteiger charge is -2.08. The average molecular weight is 407 g/mol. The number of carbonyl (C=O) groups is 3. The van der Waals surface area contributed by atoms with Gasteiger partial charge in [0.2, 0.25) is 0 Å². The summed E-state index contributed by atoms with van der Waals surface area (Å²) in [5.41, 5.74) is 0.205. The molecule has 7 nitrogen and oxygen atoms in total. The SMILES string of the molecule is CNC(=O)NC(=O)COC(=O)/C=C/c1cc(Br)ccc1OC(F)F. The molecule has 1 rings (SSSR count). The van der Waals surface area contributed by atoms with Crippen molar-refractivity contribution in [3.63, 3.8) is 0 Å². The third kappa shape index (κ3) is 7.18. The van der Waals surface area contributed by atoms with E-state index in [0.717, 1.165) is 6.08 Å². The van der Waals surface area contributed by atoms with Gasteiger partial charge >= 0.3 is 18.6 Å². The van der Waals surface area contributed by atoms with Crippen LogP contribution in [0.2, 0.25) is 0 Å². The molecule has 0 saturated heterocycles. The van der Waals surface area contributed by atoms with E-state index in [1.165, 1.54) is 31.3 Å². The number of hydrogen-bond donors (Lipinski definition) is 2. The third-order valence-electron chi connectivity index (χ3n) is 2.41. The molecule has 0 fully saturated rings. The van der Waals surface area contributed by atoms with Crippen LogP contribution in [0.5, 0.6) is 5.75 Å². The van der Waals surface area contributed by atoms with Crippen molar-refractivity contribution < 1.29 is 32.6 Å². The standard InChI is InChI=1S/C14H13BrF2N2O5/c1-18-14(22)19-11(20)7-23-12(21)5-2-8-6-9(15)3-4-10(8)24-13(16)17/h2-6,13H,7H2,1H3,(H2,18,19,20,22)/b5-2+. The Morgan fingerprint density at radius 3 is 2.67 bits per heavy atom. The molecular weight excluding hydrogens is 394 g/mol. The van der Waals surface area contributed by atoms with E-state index >= 15 is 0 Å². The van der Waals surface area contributed by atoms with Crippen LogP contribution in [-0.2, 0) is 14.3 Å². The first-order chi connectivity index (χ1) is 11.3. The number of benzene rings is 1. The van der Waals surface area contributed by atoms with Gasteiger partial charge in [0.25, 0.3) is 5.91 Å². The Balaban J connectivity index is 2.65. The zero-order chi connectivity index (χ0) is 18.1. The van der Waals surface area contributed by atoms with E-state index < -0.39 is 31.1 Å². The van der Waals surface area contributed by atoms with Crippen LogP contribution in [0.15, 0.2) is 28.7 Å². The zero-order valence-corrected chi connectivity index (χ0v) is 13.9. The normalized spacial score (nSPS) is 10.5. The highest BCUT2D eigenvalue weighted by Crippen LogP contribution is 2.25. The molecule has 0 atom stereocenters. The highest BCUT2D eigenvalue weighted by Gasteiger charge is 2.10. The van der Waals surface area contributed by atoms with Gasteiger partial charge in [0, 0.05) is 23.2 Å². The van der Waals surface area contributed by atoms with Gasteiger partial charge in [-0.1, -0.05) is 15.9 Å². The predicted molar refractivity (Wildman–Crippen MR) is 83.4 cm³/mol. The third-order valence-corrected chi connectivity index (χ3v) is 2.91. The van der Waals surface area contributed by atoms with Crippen molar-refractivity contribution in [1.29, 1.82) is 0 Å². The number of rotatable bonds is 6. The fraction of sp³-hybridized carbons (Fsp3) is 0.214. The van der Waals surface area contributed by atoms with Gasteiger partial charge in [-0.25, -0.2) is 9.59 Å². The Morgan fingerprint density at radius 2 is 2.04 bits per heavy atom. The number of imide groups is 1. The van der Waals surface area contributed by atoms with E-state index in [-0.39, 0.29) is 11.3 Å². The fourth-order valence-electron chi connectivity index (χ4n) is 1.42. The number of alkyl halides is 2. The minimum Gasteiger partial charge on any atom is -0.452 e. The highest BCUT2D eigenvalue weighted by molar-refractivity contribution is 9.10. The molecule has 10 heteroatoms. The summed E-state index contributed by atoms with van der Waals surface area (Å²) in [6.07, 6.45) is 2.13. The summed E-state index contributed by atoms with van der Waals surface area (Å²) in [6, 6.07) is 3.52. The Kier molecular flexibility index (Phi) is 7.83. The molecule has 1 aromatic rings. The van der Waals surface area contributed by atoms with E-state index in [2.05, 4.69) is 30.7 Å². The van der Waals surface area contributed by atoms with Gasteiger partial charge in [-0.05, 0) is 24.3 Å². The first kappa shape index (κ1) is 19.6. The molecule has 1 aromatic carbocycles. The first-order valence-corrected chi connectivity index (χ1v) is 7.22. The monoisotopic (exact) mass is 406 g/mol. The summed E-state index contributed by atoms with van der Waals surface area (Å²) in [7, 11) is 1.31. The van der Waals surface area contributed by atoms with Crippen molar-refractivity contribution in [1.82, 2.24) is 10.6 Å². The predicted octanol–water partition coefficient (Wildman–Crippen LogP) is 2.06. The van der Waals surface area contributed by atoms with Crippen LogP contribution in [0.1, 0.15) is 5.56 Å². The van der Waals surface area contributed by atoms with Crippen LogP contribution in [0.4, 0.5) is 13.6 Å². The molecule has 0 heterocycles. The van der Waals surface area contributed by atoms with Crippen molar-refractivity contribution >= 4 is 39.9 Å². The highest BCUT2D eigenvalue weighted by atomic mass is 79.9. The number of amides is 3. The second-order valence-electron chi connectivity index (χ2n) is 4.13. The molecule has 24 heavy (non-hydrogen) atoms. The number of urea groups is 1. The number of ether oxygens (including phenoxy) is 2. The Hall–Kier alpha value is -2.49. The molecule has 0 aliphatic carbocycles. The molecule has 2 N–H and O–H groups in total. The maximum atomic E-state index is 12.3. The molecule has 130 valence electrons. The van der Waals surface area contributed by atoms with Crippen LogP contribution in [0, 0.1) is 0 Å². The molecule has 0 unspecified atom stereocenters. The minimum absolute atomic E-state index is 0.130. The van der Waals surface area contributed by atoms with E-state index in [9.17, 15) is 23.2 Å². The lowest BCUT2D eigenvalue weighted by Crippen LogP contribution is -2.39. The van der Waals surface area contributed by atoms with Gasteiger partial charge in [-0.15, -0.1) is 0 Å². The second kappa shape index (κ2) is 9.60. The Labute approximate surface area is 144 Å². The lowest BCUT2D eigenvalue weighted by atomic mass is 10.2. The fourth-order valence-corrected chi connectivity index (χ4v) is 1.80. The number of esters is 1. The summed E-state index contributed by atoms with van der Waals surface area (Å²) >= 11 is 3.17. The summed E-state index contributed by atoms with van der Waals surface area (Å²) in [5, 5.41) is 4.05. The van der Waals surface area contributed by atoms with Crippen LogP contribution in [-0.4, -0.2) is 38.2 Å². The Morgan fingerprint density at radius 1 is 1.33 bits per heavy atom. The maximum absolute atomic E-state index is 12.3. The van der Waals surface area contributed by atoms with Crippen molar-refractivity contribution in [2.45, 2.75) is 6.61 Å². The van der Waals surface area contributed by atoms with Gasteiger partial charge in [-0.2, -0.15) is 8.78 Å². The van der Waals surface area contributed by atoms with Gasteiger partial charge in [0.1, 0.15) is 5.75 Å². The molecule has 0 aliphatic heterocycles. The summed E-state index contributed by atoms with van der Waals surface area (Å²) < 4.78 is 34.1. The van der Waals surface area contributed by atoms with Crippen molar-refractivity contribution in [2.24, 2.45) is 0 Å². The van der Waals surface area contributed by atoms with Crippen molar-refractivity contribution in [3.05, 3.63) is 34.3 Å². The number of halogens is 3. The largest absolute Gasteiger partial charge is 0.452 e. The van der Waals surface area contributed by atoms with E-state index in [1.807, 2.05) is 5.32 Å². The van der Waals surface area contributed by atoms with Crippen LogP contribution >= 0.6 is 15.9 Å². The van der Waals surface area contributed by atoms with E-state index in [0.29, 0.717) is 4.47 Å². The van der Waals surface area contributed by atoms with Crippen molar-refractivity contribution in [2.75, 3.05) is 13.7 Å². The molecule has 0 saturated carbocycles. The van der Waals surface area contributed by atoms with Gasteiger partial charge in [0.15, 0.2) is 6.61 Å². The molecule has 0 aliphatic rings. The number of carbonyl (C=O) groups excluding carboxylic acids is 3. The summed E-state index contributed by atoms with van der Waals surface area (Å²) in [4.78, 5) is 33.6. The first-order valence-electron chi connectivity index (χ1n) is 6.42. The second-order valence-corrected chi connectivity index (χ2v) is 5.04. The van der Waals surface area contributed by atoms with Gasteiger partial charge in [0.05, 0.1) is 0 Å². The average Bonchev–Trinajstić information content (AvgIpc) is 2.52. The molecule has 0 aromatic heterocycles. The summed E-state index contributed by atoms with van der Waals surface area (Å²) in [6.45, 7) is -3.69. The summed E-state index contributed by atoms with van der Waals surface area (Å²) in [5.74, 6) is -1.85. The lowest BCUT2D eigenvalue weighted by molar-refractivity contribution is -0.143. The number of nitrogens with one attached hydrogen (secondary N) is 2. The van der Waals surface area contributed by atoms with Crippen LogP contribution in [0.25, 0.3) is 6.08 Å². The Bertz CT molecular complexity index is 652. The van der Waals surface area contributed by atoms with Crippen molar-refractivity contribution in [3.8, 4) is 5.75 Å². The quantitative estimate of drug-likeness (QED) is 0.557. The van der Waals surface area contributed by atoms with Gasteiger partial charge < -0.3 is 14.8 Å². The molecule has 0 spiro atoms. The number of hydrogen-bond acceptors (Lipinski definition) is 5. The smallest absolute Gasteiger partial charge is 0.387 e. The van der Waals surface area contributed by atoms with Crippen LogP contribution in [0.3, 0.4) is 0 Å². The molecular formula is C14H13BrF2N2O5. The maximum Gasteiger partial charge on any atom is 0.387 e. The molecule has 0 radical (unpaired) electrons. The molecule has 0 bridgehead atoms. The topological polar surface area (TPSA) is 93.7 Å². The molecule has 3 amide bonds. The van der Waals surface area contributed by atoms with E-state index in [4.69, 9.17) is 0 Å². The van der Waals surface area contributed by atoms with E-state index in [1.54, 1.807) is 0 Å². The van der Waals surface area contributed by atoms with Crippen LogP contribution < -0.4 is 15.4 Å². The zero-order valence-electron chi connectivity index (χ0n) is 12.3. The van der Waals surface area contributed by atoms with Gasteiger partial charge in [-0.3, -0.25) is 10.1 Å². The minimum atomic E-state index is -3.02.